The summed E-state index contributed by atoms with van der Waals surface area (Å²) in [6.07, 6.45) is -0.184. The molecule has 0 unspecified atom stereocenters. The number of nitrogens with zero attached hydrogens (tertiary/aromatic N) is 1. The Hall–Kier alpha value is -0.650. The van der Waals surface area contributed by atoms with Crippen molar-refractivity contribution in [2.24, 2.45) is 5.92 Å². The molecule has 5 nitrogen and oxygen atoms in total. The third-order valence-electron chi connectivity index (χ3n) is 2.29. The summed E-state index contributed by atoms with van der Waals surface area (Å²) in [7, 11) is 3.95. The molecular formula is C10H20N2O3. The minimum absolute atomic E-state index is 0.0174. The maximum atomic E-state index is 11.6. The fourth-order valence-electron chi connectivity index (χ4n) is 1.30. The molecule has 1 heterocycles. The van der Waals surface area contributed by atoms with E-state index in [1.165, 1.54) is 0 Å². The Balaban J connectivity index is 2.17. The zero-order chi connectivity index (χ0) is 11.3. The van der Waals surface area contributed by atoms with Crippen molar-refractivity contribution in [1.29, 1.82) is 0 Å². The molecule has 0 aromatic heterocycles. The van der Waals surface area contributed by atoms with Crippen LogP contribution in [0.5, 0.6) is 0 Å². The highest BCUT2D eigenvalue weighted by atomic mass is 16.7. The van der Waals surface area contributed by atoms with E-state index in [0.717, 1.165) is 6.54 Å². The highest BCUT2D eigenvalue weighted by Gasteiger charge is 2.24. The Morgan fingerprint density at radius 1 is 1.40 bits per heavy atom. The Morgan fingerprint density at radius 2 is 2.00 bits per heavy atom. The van der Waals surface area contributed by atoms with Gasteiger partial charge in [-0.05, 0) is 21.0 Å². The molecular weight excluding hydrogens is 196 g/mol. The monoisotopic (exact) mass is 216 g/mol. The molecule has 15 heavy (non-hydrogen) atoms. The minimum Gasteiger partial charge on any atom is -0.354 e. The second kappa shape index (κ2) is 6.05. The summed E-state index contributed by atoms with van der Waals surface area (Å²) in [5.74, 6) is -0.146. The molecule has 1 saturated heterocycles. The van der Waals surface area contributed by atoms with E-state index >= 15 is 0 Å². The first kappa shape index (κ1) is 12.4. The van der Waals surface area contributed by atoms with Gasteiger partial charge >= 0.3 is 0 Å². The van der Waals surface area contributed by atoms with Crippen LogP contribution in [0.4, 0.5) is 0 Å². The predicted molar refractivity (Wildman–Crippen MR) is 56.4 cm³/mol. The Bertz CT molecular complexity index is 201. The van der Waals surface area contributed by atoms with Crippen molar-refractivity contribution >= 4 is 5.91 Å². The molecule has 1 aliphatic rings. The van der Waals surface area contributed by atoms with Crippen molar-refractivity contribution in [3.63, 3.8) is 0 Å². The van der Waals surface area contributed by atoms with Gasteiger partial charge in [0.2, 0.25) is 5.91 Å². The first-order chi connectivity index (χ1) is 7.09. The third kappa shape index (κ3) is 4.59. The molecule has 0 aliphatic carbocycles. The molecule has 0 aromatic rings. The number of hydrogen-bond donors (Lipinski definition) is 1. The van der Waals surface area contributed by atoms with Crippen LogP contribution in [-0.4, -0.2) is 57.5 Å². The summed E-state index contributed by atoms with van der Waals surface area (Å²) in [6.45, 7) is 4.25. The quantitative estimate of drug-likeness (QED) is 0.699. The Kier molecular flexibility index (Phi) is 5.01. The van der Waals surface area contributed by atoms with Gasteiger partial charge in [-0.2, -0.15) is 0 Å². The van der Waals surface area contributed by atoms with Crippen LogP contribution in [0.2, 0.25) is 0 Å². The van der Waals surface area contributed by atoms with Gasteiger partial charge < -0.3 is 19.7 Å². The van der Waals surface area contributed by atoms with Crippen LogP contribution in [0, 0.1) is 5.92 Å². The second-order valence-corrected chi connectivity index (χ2v) is 4.03. The van der Waals surface area contributed by atoms with Crippen LogP contribution in [0.15, 0.2) is 0 Å². The molecule has 0 atom stereocenters. The summed E-state index contributed by atoms with van der Waals surface area (Å²) >= 11 is 0. The third-order valence-corrected chi connectivity index (χ3v) is 2.29. The van der Waals surface area contributed by atoms with Crippen molar-refractivity contribution in [3.8, 4) is 0 Å². The van der Waals surface area contributed by atoms with E-state index in [-0.39, 0.29) is 18.1 Å². The van der Waals surface area contributed by atoms with Crippen molar-refractivity contribution in [2.75, 3.05) is 40.4 Å². The van der Waals surface area contributed by atoms with Gasteiger partial charge in [0.25, 0.3) is 0 Å². The van der Waals surface area contributed by atoms with E-state index < -0.39 is 0 Å². The van der Waals surface area contributed by atoms with Gasteiger partial charge in [-0.1, -0.05) is 0 Å². The number of ether oxygens (including phenoxy) is 2. The first-order valence-corrected chi connectivity index (χ1v) is 5.25. The van der Waals surface area contributed by atoms with Crippen LogP contribution in [-0.2, 0) is 14.3 Å². The molecule has 1 amide bonds. The second-order valence-electron chi connectivity index (χ2n) is 4.03. The number of carbonyl (C=O) groups excluding carboxylic acids is 1. The van der Waals surface area contributed by atoms with Gasteiger partial charge in [-0.15, -0.1) is 0 Å². The van der Waals surface area contributed by atoms with Gasteiger partial charge in [-0.25, -0.2) is 0 Å². The number of hydrogen-bond acceptors (Lipinski definition) is 4. The summed E-state index contributed by atoms with van der Waals surface area (Å²) in [4.78, 5) is 13.6. The average Bonchev–Trinajstić information content (AvgIpc) is 2.18. The van der Waals surface area contributed by atoms with Crippen molar-refractivity contribution < 1.29 is 14.3 Å². The Morgan fingerprint density at radius 3 is 2.53 bits per heavy atom. The van der Waals surface area contributed by atoms with Gasteiger partial charge in [0.1, 0.15) is 0 Å². The molecule has 1 rings (SSSR count). The van der Waals surface area contributed by atoms with E-state index in [1.54, 1.807) is 0 Å². The van der Waals surface area contributed by atoms with Crippen LogP contribution >= 0.6 is 0 Å². The lowest BCUT2D eigenvalue weighted by atomic mass is 10.1. The average molecular weight is 216 g/mol. The van der Waals surface area contributed by atoms with Gasteiger partial charge in [-0.3, -0.25) is 4.79 Å². The lowest BCUT2D eigenvalue weighted by Crippen LogP contribution is -2.42. The first-order valence-electron chi connectivity index (χ1n) is 5.25. The molecule has 1 aliphatic heterocycles. The fourth-order valence-corrected chi connectivity index (χ4v) is 1.30. The van der Waals surface area contributed by atoms with Crippen LogP contribution < -0.4 is 5.32 Å². The van der Waals surface area contributed by atoms with Gasteiger partial charge in [0.15, 0.2) is 6.29 Å². The van der Waals surface area contributed by atoms with E-state index in [9.17, 15) is 4.79 Å². The fraction of sp³-hybridized carbons (Fsp3) is 0.900. The van der Waals surface area contributed by atoms with Crippen molar-refractivity contribution in [3.05, 3.63) is 0 Å². The predicted octanol–water partition coefficient (Wildman–Crippen LogP) is -0.327. The zero-order valence-corrected chi connectivity index (χ0v) is 9.66. The highest BCUT2D eigenvalue weighted by Crippen LogP contribution is 2.10. The van der Waals surface area contributed by atoms with E-state index in [4.69, 9.17) is 9.47 Å². The smallest absolute Gasteiger partial charge is 0.227 e. The Labute approximate surface area is 90.7 Å². The molecule has 5 heteroatoms. The van der Waals surface area contributed by atoms with Crippen LogP contribution in [0.25, 0.3) is 0 Å². The molecule has 0 spiro atoms. The van der Waals surface area contributed by atoms with E-state index in [0.29, 0.717) is 19.8 Å². The van der Waals surface area contributed by atoms with E-state index in [1.807, 2.05) is 25.9 Å². The summed E-state index contributed by atoms with van der Waals surface area (Å²) in [5.41, 5.74) is 0. The van der Waals surface area contributed by atoms with Gasteiger partial charge in [0.05, 0.1) is 19.1 Å². The number of amides is 1. The van der Waals surface area contributed by atoms with E-state index in [2.05, 4.69) is 5.32 Å². The number of carbonyl (C=O) groups is 1. The lowest BCUT2D eigenvalue weighted by Gasteiger charge is -2.26. The van der Waals surface area contributed by atoms with Crippen molar-refractivity contribution in [2.45, 2.75) is 13.2 Å². The van der Waals surface area contributed by atoms with Crippen LogP contribution in [0.3, 0.4) is 0 Å². The number of rotatable bonds is 4. The zero-order valence-electron chi connectivity index (χ0n) is 9.66. The maximum Gasteiger partial charge on any atom is 0.227 e. The van der Waals surface area contributed by atoms with Gasteiger partial charge in [0, 0.05) is 13.1 Å². The molecule has 88 valence electrons. The lowest BCUT2D eigenvalue weighted by molar-refractivity contribution is -0.192. The van der Waals surface area contributed by atoms with Crippen LogP contribution in [0.1, 0.15) is 6.92 Å². The molecule has 0 bridgehead atoms. The molecule has 0 saturated carbocycles. The summed E-state index contributed by atoms with van der Waals surface area (Å²) in [6, 6.07) is 0. The molecule has 1 fully saturated rings. The molecule has 0 radical (unpaired) electrons. The summed E-state index contributed by atoms with van der Waals surface area (Å²) < 4.78 is 10.5. The topological polar surface area (TPSA) is 50.8 Å². The molecule has 0 aromatic carbocycles. The largest absolute Gasteiger partial charge is 0.354 e. The normalized spacial score (nSPS) is 26.7. The number of nitrogens with one attached hydrogen (secondary N) is 1. The standard InChI is InChI=1S/C10H20N2O3/c1-8-14-6-9(7-15-8)10(13)11-4-5-12(2)3/h8-9H,4-7H2,1-3H3,(H,11,13). The molecule has 1 N–H and O–H groups in total. The SMILES string of the molecule is CC1OCC(C(=O)NCCN(C)C)CO1. The van der Waals surface area contributed by atoms with Crippen molar-refractivity contribution in [1.82, 2.24) is 10.2 Å². The number of likely N-dealkylation sites (N-methyl/N-ethyl adjacent to an activating group) is 1. The summed E-state index contributed by atoms with van der Waals surface area (Å²) in [5, 5.41) is 2.86. The highest BCUT2D eigenvalue weighted by molar-refractivity contribution is 5.78. The minimum atomic E-state index is -0.184. The maximum absolute atomic E-state index is 11.6.